The second-order valence-corrected chi connectivity index (χ2v) is 4.18. The maximum absolute atomic E-state index is 12.2. The molecular formula is C13H14ClNO3. The van der Waals surface area contributed by atoms with Crippen LogP contribution in [0.1, 0.15) is 15.9 Å². The van der Waals surface area contributed by atoms with Gasteiger partial charge in [0, 0.05) is 6.54 Å². The van der Waals surface area contributed by atoms with Crippen molar-refractivity contribution < 1.29 is 14.7 Å². The van der Waals surface area contributed by atoms with Crippen LogP contribution in [0.15, 0.2) is 30.9 Å². The SMILES string of the molecule is C=CCN(CC(=O)O)C(=O)c1cccc(C)c1Cl. The van der Waals surface area contributed by atoms with Gasteiger partial charge in [0.15, 0.2) is 0 Å². The molecule has 0 aliphatic rings. The van der Waals surface area contributed by atoms with E-state index in [2.05, 4.69) is 6.58 Å². The highest BCUT2D eigenvalue weighted by molar-refractivity contribution is 6.34. The zero-order valence-corrected chi connectivity index (χ0v) is 10.8. The first-order chi connectivity index (χ1) is 8.47. The molecule has 1 aromatic rings. The van der Waals surface area contributed by atoms with Crippen molar-refractivity contribution in [1.82, 2.24) is 4.90 Å². The monoisotopic (exact) mass is 267 g/mol. The third-order valence-corrected chi connectivity index (χ3v) is 2.89. The summed E-state index contributed by atoms with van der Waals surface area (Å²) < 4.78 is 0. The highest BCUT2D eigenvalue weighted by Gasteiger charge is 2.20. The summed E-state index contributed by atoms with van der Waals surface area (Å²) in [6.07, 6.45) is 1.48. The van der Waals surface area contributed by atoms with Crippen LogP contribution in [0.3, 0.4) is 0 Å². The van der Waals surface area contributed by atoms with Crippen molar-refractivity contribution in [2.75, 3.05) is 13.1 Å². The lowest BCUT2D eigenvalue weighted by Gasteiger charge is -2.19. The summed E-state index contributed by atoms with van der Waals surface area (Å²) >= 11 is 6.05. The van der Waals surface area contributed by atoms with Crippen molar-refractivity contribution in [3.05, 3.63) is 47.0 Å². The van der Waals surface area contributed by atoms with Crippen LogP contribution in [0.2, 0.25) is 5.02 Å². The van der Waals surface area contributed by atoms with Crippen LogP contribution in [-0.4, -0.2) is 35.0 Å². The third-order valence-electron chi connectivity index (χ3n) is 2.39. The molecule has 96 valence electrons. The normalized spacial score (nSPS) is 9.89. The van der Waals surface area contributed by atoms with Gasteiger partial charge in [0.05, 0.1) is 10.6 Å². The molecule has 5 heteroatoms. The molecule has 0 fully saturated rings. The number of hydrogen-bond acceptors (Lipinski definition) is 2. The molecule has 1 amide bonds. The predicted octanol–water partition coefficient (Wildman–Crippen LogP) is 2.36. The van der Waals surface area contributed by atoms with Gasteiger partial charge in [-0.2, -0.15) is 0 Å². The molecular weight excluding hydrogens is 254 g/mol. The average Bonchev–Trinajstić information content (AvgIpc) is 2.31. The summed E-state index contributed by atoms with van der Waals surface area (Å²) in [5.74, 6) is -1.49. The van der Waals surface area contributed by atoms with Crippen molar-refractivity contribution in [3.8, 4) is 0 Å². The summed E-state index contributed by atoms with van der Waals surface area (Å²) in [6.45, 7) is 5.07. The van der Waals surface area contributed by atoms with E-state index >= 15 is 0 Å². The highest BCUT2D eigenvalue weighted by atomic mass is 35.5. The summed E-state index contributed by atoms with van der Waals surface area (Å²) in [5.41, 5.74) is 1.08. The van der Waals surface area contributed by atoms with Crippen molar-refractivity contribution in [1.29, 1.82) is 0 Å². The van der Waals surface area contributed by atoms with Crippen LogP contribution >= 0.6 is 11.6 Å². The first-order valence-corrected chi connectivity index (χ1v) is 5.72. The number of amides is 1. The fourth-order valence-corrected chi connectivity index (χ4v) is 1.73. The summed E-state index contributed by atoms with van der Waals surface area (Å²) in [6, 6.07) is 5.07. The highest BCUT2D eigenvalue weighted by Crippen LogP contribution is 2.21. The third kappa shape index (κ3) is 3.34. The van der Waals surface area contributed by atoms with Crippen molar-refractivity contribution >= 4 is 23.5 Å². The Labute approximate surface area is 110 Å². The molecule has 18 heavy (non-hydrogen) atoms. The fraction of sp³-hybridized carbons (Fsp3) is 0.231. The maximum atomic E-state index is 12.2. The molecule has 0 bridgehead atoms. The van der Waals surface area contributed by atoms with Crippen LogP contribution in [0, 0.1) is 6.92 Å². The van der Waals surface area contributed by atoms with E-state index in [9.17, 15) is 9.59 Å². The lowest BCUT2D eigenvalue weighted by Crippen LogP contribution is -2.36. The van der Waals surface area contributed by atoms with E-state index in [0.29, 0.717) is 10.6 Å². The molecule has 4 nitrogen and oxygen atoms in total. The van der Waals surface area contributed by atoms with Crippen LogP contribution in [0.5, 0.6) is 0 Å². The van der Waals surface area contributed by atoms with Gasteiger partial charge in [-0.15, -0.1) is 6.58 Å². The van der Waals surface area contributed by atoms with E-state index in [1.165, 1.54) is 11.0 Å². The quantitative estimate of drug-likeness (QED) is 0.833. The Morgan fingerprint density at radius 3 is 2.72 bits per heavy atom. The number of carbonyl (C=O) groups is 2. The molecule has 0 unspecified atom stereocenters. The zero-order chi connectivity index (χ0) is 13.7. The van der Waals surface area contributed by atoms with Gasteiger partial charge in [-0.3, -0.25) is 9.59 Å². The number of benzene rings is 1. The van der Waals surface area contributed by atoms with E-state index in [1.807, 2.05) is 0 Å². The number of hydrogen-bond donors (Lipinski definition) is 1. The second kappa shape index (κ2) is 6.21. The molecule has 1 rings (SSSR count). The van der Waals surface area contributed by atoms with Gasteiger partial charge in [-0.1, -0.05) is 29.8 Å². The van der Waals surface area contributed by atoms with Crippen LogP contribution in [-0.2, 0) is 4.79 Å². The molecule has 1 aromatic carbocycles. The van der Waals surface area contributed by atoms with Crippen molar-refractivity contribution in [2.45, 2.75) is 6.92 Å². The van der Waals surface area contributed by atoms with Crippen LogP contribution < -0.4 is 0 Å². The van der Waals surface area contributed by atoms with E-state index in [0.717, 1.165) is 5.56 Å². The number of halogens is 1. The Morgan fingerprint density at radius 2 is 2.17 bits per heavy atom. The number of nitrogens with zero attached hydrogens (tertiary/aromatic N) is 1. The molecule has 1 N–H and O–H groups in total. The molecule has 0 aliphatic carbocycles. The first kappa shape index (κ1) is 14.3. The molecule has 0 radical (unpaired) electrons. The molecule has 0 aliphatic heterocycles. The summed E-state index contributed by atoms with van der Waals surface area (Å²) in [7, 11) is 0. The van der Waals surface area contributed by atoms with Gasteiger partial charge in [-0.25, -0.2) is 0 Å². The smallest absolute Gasteiger partial charge is 0.323 e. The van der Waals surface area contributed by atoms with Gasteiger partial charge in [0.2, 0.25) is 0 Å². The minimum Gasteiger partial charge on any atom is -0.480 e. The van der Waals surface area contributed by atoms with Crippen molar-refractivity contribution in [2.24, 2.45) is 0 Å². The molecule has 0 saturated heterocycles. The van der Waals surface area contributed by atoms with E-state index in [-0.39, 0.29) is 13.1 Å². The molecule has 0 heterocycles. The Kier molecular flexibility index (Phi) is 4.92. The number of carboxylic acid groups (broad SMARTS) is 1. The maximum Gasteiger partial charge on any atom is 0.323 e. The average molecular weight is 268 g/mol. The van der Waals surface area contributed by atoms with Gasteiger partial charge in [0.25, 0.3) is 5.91 Å². The van der Waals surface area contributed by atoms with Gasteiger partial charge < -0.3 is 10.0 Å². The van der Waals surface area contributed by atoms with Crippen LogP contribution in [0.25, 0.3) is 0 Å². The Balaban J connectivity index is 3.05. The standard InChI is InChI=1S/C13H14ClNO3/c1-3-7-15(8-11(16)17)13(18)10-6-4-5-9(2)12(10)14/h3-6H,1,7-8H2,2H3,(H,16,17). The molecule has 0 aromatic heterocycles. The summed E-state index contributed by atoms with van der Waals surface area (Å²) in [4.78, 5) is 24.1. The van der Waals surface area contributed by atoms with Crippen LogP contribution in [0.4, 0.5) is 0 Å². The van der Waals surface area contributed by atoms with Gasteiger partial charge >= 0.3 is 5.97 Å². The topological polar surface area (TPSA) is 57.6 Å². The lowest BCUT2D eigenvalue weighted by molar-refractivity contribution is -0.137. The second-order valence-electron chi connectivity index (χ2n) is 3.80. The molecule has 0 spiro atoms. The molecule has 0 atom stereocenters. The largest absolute Gasteiger partial charge is 0.480 e. The zero-order valence-electron chi connectivity index (χ0n) is 10.0. The number of aryl methyl sites for hydroxylation is 1. The number of rotatable bonds is 5. The van der Waals surface area contributed by atoms with Crippen molar-refractivity contribution in [3.63, 3.8) is 0 Å². The fourth-order valence-electron chi connectivity index (χ4n) is 1.52. The number of carbonyl (C=O) groups excluding carboxylic acids is 1. The van der Waals surface area contributed by atoms with E-state index in [1.54, 1.807) is 25.1 Å². The van der Waals surface area contributed by atoms with Gasteiger partial charge in [-0.05, 0) is 18.6 Å². The number of aliphatic carboxylic acids is 1. The summed E-state index contributed by atoms with van der Waals surface area (Å²) in [5, 5.41) is 9.12. The van der Waals surface area contributed by atoms with E-state index in [4.69, 9.17) is 16.7 Å². The van der Waals surface area contributed by atoms with E-state index < -0.39 is 11.9 Å². The minimum atomic E-state index is -1.08. The lowest BCUT2D eigenvalue weighted by atomic mass is 10.1. The molecule has 0 saturated carbocycles. The Hall–Kier alpha value is -1.81. The number of carboxylic acids is 1. The Bertz CT molecular complexity index is 485. The Morgan fingerprint density at radius 1 is 1.50 bits per heavy atom. The minimum absolute atomic E-state index is 0.162. The first-order valence-electron chi connectivity index (χ1n) is 5.34. The van der Waals surface area contributed by atoms with Gasteiger partial charge in [0.1, 0.15) is 6.54 Å². The predicted molar refractivity (Wildman–Crippen MR) is 69.9 cm³/mol.